The number of nitrogens with zero attached hydrogens (tertiary/aromatic N) is 3. The lowest BCUT2D eigenvalue weighted by Crippen LogP contribution is -2.35. The van der Waals surface area contributed by atoms with Gasteiger partial charge in [-0.1, -0.05) is 9.64 Å². The van der Waals surface area contributed by atoms with Crippen LogP contribution >= 0.6 is 11.5 Å². The smallest absolute Gasteiger partial charge is 0.272 e. The topological polar surface area (TPSA) is 113 Å². The van der Waals surface area contributed by atoms with Crippen molar-refractivity contribution in [2.75, 3.05) is 0 Å². The normalized spacial score (nSPS) is 13.5. The Hall–Kier alpha value is -1.70. The highest BCUT2D eigenvalue weighted by atomic mass is 32.1. The van der Waals surface area contributed by atoms with E-state index in [1.807, 2.05) is 0 Å². The fraction of sp³-hybridized carbons (Fsp3) is 0.429. The second-order valence-corrected chi connectivity index (χ2v) is 3.57. The molecule has 0 aliphatic rings. The quantitative estimate of drug-likeness (QED) is 0.286. The van der Waals surface area contributed by atoms with Gasteiger partial charge in [0.25, 0.3) is 5.91 Å². The van der Waals surface area contributed by atoms with Gasteiger partial charge < -0.3 is 16.3 Å². The van der Waals surface area contributed by atoms with Crippen molar-refractivity contribution in [3.63, 3.8) is 0 Å². The van der Waals surface area contributed by atoms with Gasteiger partial charge in [0, 0.05) is 17.8 Å². The molecule has 0 fully saturated rings. The average Bonchev–Trinajstić information content (AvgIpc) is 2.70. The molecule has 1 heterocycles. The molecule has 0 aliphatic heterocycles. The molecule has 1 amide bonds. The zero-order chi connectivity index (χ0) is 11.3. The van der Waals surface area contributed by atoms with Gasteiger partial charge in [-0.15, -0.1) is 5.10 Å². The largest absolute Gasteiger partial charge is 0.409 e. The van der Waals surface area contributed by atoms with Crippen LogP contribution in [0.5, 0.6) is 0 Å². The van der Waals surface area contributed by atoms with Crippen molar-refractivity contribution in [2.24, 2.45) is 10.9 Å². The zero-order valence-corrected chi connectivity index (χ0v) is 8.86. The Morgan fingerprint density at radius 2 is 2.60 bits per heavy atom. The van der Waals surface area contributed by atoms with Crippen LogP contribution in [0.3, 0.4) is 0 Å². The van der Waals surface area contributed by atoms with Gasteiger partial charge >= 0.3 is 0 Å². The number of carbonyl (C=O) groups excluding carboxylic acids is 1. The Kier molecular flexibility index (Phi) is 3.98. The van der Waals surface area contributed by atoms with E-state index < -0.39 is 0 Å². The van der Waals surface area contributed by atoms with Crippen LogP contribution in [0.15, 0.2) is 10.5 Å². The Morgan fingerprint density at radius 3 is 3.13 bits per heavy atom. The molecule has 1 aromatic heterocycles. The van der Waals surface area contributed by atoms with Crippen LogP contribution in [0.2, 0.25) is 0 Å². The standard InChI is InChI=1S/C7H11N5O2S/c1-4(2-6(8)11-14)9-7(13)5-3-15-12-10-5/h3-4,14H,2H2,1H3,(H2,8,11)(H,9,13). The van der Waals surface area contributed by atoms with Crippen molar-refractivity contribution in [3.8, 4) is 0 Å². The summed E-state index contributed by atoms with van der Waals surface area (Å²) in [6, 6.07) is -0.227. The number of oxime groups is 1. The molecule has 1 rings (SSSR count). The molecule has 15 heavy (non-hydrogen) atoms. The minimum absolute atomic E-state index is 0.0687. The molecule has 0 spiro atoms. The molecular formula is C7H11N5O2S. The van der Waals surface area contributed by atoms with Gasteiger partial charge in [0.1, 0.15) is 5.84 Å². The lowest BCUT2D eigenvalue weighted by atomic mass is 10.2. The molecule has 0 aromatic carbocycles. The van der Waals surface area contributed by atoms with Gasteiger partial charge in [-0.2, -0.15) is 0 Å². The number of nitrogens with one attached hydrogen (secondary N) is 1. The number of amidine groups is 1. The third-order valence-electron chi connectivity index (χ3n) is 1.61. The van der Waals surface area contributed by atoms with E-state index >= 15 is 0 Å². The summed E-state index contributed by atoms with van der Waals surface area (Å²) in [6.45, 7) is 1.75. The van der Waals surface area contributed by atoms with Crippen molar-refractivity contribution in [1.29, 1.82) is 0 Å². The first-order valence-electron chi connectivity index (χ1n) is 4.17. The summed E-state index contributed by atoms with van der Waals surface area (Å²) in [4.78, 5) is 11.4. The minimum Gasteiger partial charge on any atom is -0.409 e. The molecule has 1 atom stereocenters. The zero-order valence-electron chi connectivity index (χ0n) is 8.04. The van der Waals surface area contributed by atoms with Crippen molar-refractivity contribution >= 4 is 23.3 Å². The summed E-state index contributed by atoms with van der Waals surface area (Å²) in [5.74, 6) is -0.249. The van der Waals surface area contributed by atoms with Crippen LogP contribution in [0.1, 0.15) is 23.8 Å². The maximum atomic E-state index is 11.4. The van der Waals surface area contributed by atoms with Gasteiger partial charge in [0.05, 0.1) is 0 Å². The van der Waals surface area contributed by atoms with E-state index in [2.05, 4.69) is 20.1 Å². The van der Waals surface area contributed by atoms with E-state index in [9.17, 15) is 4.79 Å². The molecule has 1 aromatic rings. The van der Waals surface area contributed by atoms with Gasteiger partial charge in [0.2, 0.25) is 0 Å². The summed E-state index contributed by atoms with van der Waals surface area (Å²) >= 11 is 1.10. The van der Waals surface area contributed by atoms with Gasteiger partial charge in [-0.3, -0.25) is 4.79 Å². The number of hydrogen-bond acceptors (Lipinski definition) is 6. The fourth-order valence-corrected chi connectivity index (χ4v) is 1.40. The van der Waals surface area contributed by atoms with Gasteiger partial charge in [-0.05, 0) is 18.5 Å². The van der Waals surface area contributed by atoms with E-state index in [1.165, 1.54) is 0 Å². The number of nitrogens with two attached hydrogens (primary N) is 1. The first-order valence-corrected chi connectivity index (χ1v) is 5.01. The minimum atomic E-state index is -0.318. The lowest BCUT2D eigenvalue weighted by molar-refractivity contribution is 0.0936. The number of aromatic nitrogens is 2. The molecule has 0 aliphatic carbocycles. The number of amides is 1. The first-order chi connectivity index (χ1) is 7.13. The molecule has 0 bridgehead atoms. The van der Waals surface area contributed by atoms with Crippen LogP contribution < -0.4 is 11.1 Å². The number of hydrogen-bond donors (Lipinski definition) is 3. The molecule has 1 unspecified atom stereocenters. The van der Waals surface area contributed by atoms with Crippen LogP contribution in [-0.4, -0.2) is 32.6 Å². The maximum absolute atomic E-state index is 11.4. The second kappa shape index (κ2) is 5.25. The summed E-state index contributed by atoms with van der Waals surface area (Å²) < 4.78 is 3.57. The van der Waals surface area contributed by atoms with Crippen molar-refractivity contribution < 1.29 is 10.0 Å². The SMILES string of the molecule is CC(CC(N)=NO)NC(=O)c1csnn1. The molecule has 7 nitrogen and oxygen atoms in total. The van der Waals surface area contributed by atoms with Gasteiger partial charge in [0.15, 0.2) is 5.69 Å². The Morgan fingerprint density at radius 1 is 1.87 bits per heavy atom. The van der Waals surface area contributed by atoms with Crippen LogP contribution in [0.25, 0.3) is 0 Å². The highest BCUT2D eigenvalue weighted by Gasteiger charge is 2.12. The molecule has 8 heteroatoms. The summed E-state index contributed by atoms with van der Waals surface area (Å²) in [6.07, 6.45) is 0.278. The van der Waals surface area contributed by atoms with Crippen LogP contribution in [0.4, 0.5) is 0 Å². The monoisotopic (exact) mass is 229 g/mol. The lowest BCUT2D eigenvalue weighted by Gasteiger charge is -2.11. The van der Waals surface area contributed by atoms with E-state index in [-0.39, 0.29) is 29.9 Å². The Balaban J connectivity index is 2.45. The molecule has 82 valence electrons. The molecule has 4 N–H and O–H groups in total. The summed E-state index contributed by atoms with van der Waals surface area (Å²) in [5.41, 5.74) is 5.56. The predicted octanol–water partition coefficient (Wildman–Crippen LogP) is -0.207. The Bertz CT molecular complexity index is 350. The predicted molar refractivity (Wildman–Crippen MR) is 54.9 cm³/mol. The van der Waals surface area contributed by atoms with E-state index in [0.717, 1.165) is 11.5 Å². The average molecular weight is 229 g/mol. The highest BCUT2D eigenvalue weighted by molar-refractivity contribution is 7.03. The molecule has 0 saturated carbocycles. The third kappa shape index (κ3) is 3.50. The highest BCUT2D eigenvalue weighted by Crippen LogP contribution is 1.98. The van der Waals surface area contributed by atoms with Crippen molar-refractivity contribution in [3.05, 3.63) is 11.1 Å². The van der Waals surface area contributed by atoms with E-state index in [4.69, 9.17) is 10.9 Å². The summed E-state index contributed by atoms with van der Waals surface area (Å²) in [5, 5.41) is 18.9. The molecule has 0 radical (unpaired) electrons. The molecular weight excluding hydrogens is 218 g/mol. The second-order valence-electron chi connectivity index (χ2n) is 2.96. The number of carbonyl (C=O) groups is 1. The van der Waals surface area contributed by atoms with Crippen LogP contribution in [-0.2, 0) is 0 Å². The van der Waals surface area contributed by atoms with Crippen molar-refractivity contribution in [2.45, 2.75) is 19.4 Å². The van der Waals surface area contributed by atoms with Crippen molar-refractivity contribution in [1.82, 2.24) is 14.9 Å². The van der Waals surface area contributed by atoms with E-state index in [0.29, 0.717) is 0 Å². The fourth-order valence-electron chi connectivity index (χ4n) is 0.967. The molecule has 0 saturated heterocycles. The Labute approximate surface area is 90.1 Å². The van der Waals surface area contributed by atoms with Gasteiger partial charge in [-0.25, -0.2) is 0 Å². The third-order valence-corrected chi connectivity index (χ3v) is 2.12. The van der Waals surface area contributed by atoms with Crippen LogP contribution in [0, 0.1) is 0 Å². The maximum Gasteiger partial charge on any atom is 0.272 e. The summed E-state index contributed by atoms with van der Waals surface area (Å²) in [7, 11) is 0. The van der Waals surface area contributed by atoms with E-state index in [1.54, 1.807) is 12.3 Å². The number of rotatable bonds is 4. The first kappa shape index (κ1) is 11.4.